The van der Waals surface area contributed by atoms with Crippen LogP contribution in [0.4, 0.5) is 0 Å². The van der Waals surface area contributed by atoms with E-state index in [0.29, 0.717) is 0 Å². The zero-order valence-corrected chi connectivity index (χ0v) is 8.94. The van der Waals surface area contributed by atoms with Crippen molar-refractivity contribution < 1.29 is 4.79 Å². The van der Waals surface area contributed by atoms with Crippen molar-refractivity contribution in [2.75, 3.05) is 0 Å². The summed E-state index contributed by atoms with van der Waals surface area (Å²) in [5, 5.41) is 2.94. The molecular weight excluding hydrogens is 184 g/mol. The summed E-state index contributed by atoms with van der Waals surface area (Å²) in [5.41, 5.74) is 5.90. The van der Waals surface area contributed by atoms with Gasteiger partial charge in [0.25, 0.3) is 0 Å². The van der Waals surface area contributed by atoms with E-state index in [0.717, 1.165) is 10.7 Å². The van der Waals surface area contributed by atoms with E-state index >= 15 is 0 Å². The molecule has 4 heteroatoms. The Morgan fingerprint density at radius 1 is 1.62 bits per heavy atom. The predicted molar refractivity (Wildman–Crippen MR) is 53.7 cm³/mol. The van der Waals surface area contributed by atoms with E-state index < -0.39 is 0 Å². The molecule has 1 aromatic rings. The van der Waals surface area contributed by atoms with Gasteiger partial charge in [-0.25, -0.2) is 4.98 Å². The number of primary amides is 1. The molecule has 1 aromatic heterocycles. The molecule has 0 saturated heterocycles. The minimum Gasteiger partial charge on any atom is -0.369 e. The van der Waals surface area contributed by atoms with Crippen LogP contribution >= 0.6 is 11.3 Å². The second-order valence-electron chi connectivity index (χ2n) is 4.04. The highest BCUT2D eigenvalue weighted by Crippen LogP contribution is 2.25. The number of amides is 1. The highest BCUT2D eigenvalue weighted by Gasteiger charge is 2.18. The largest absolute Gasteiger partial charge is 0.369 e. The first-order chi connectivity index (χ1) is 5.89. The third-order valence-corrected chi connectivity index (χ3v) is 2.87. The first kappa shape index (κ1) is 10.2. The van der Waals surface area contributed by atoms with Gasteiger partial charge in [-0.05, 0) is 0 Å². The van der Waals surface area contributed by atoms with Gasteiger partial charge in [-0.2, -0.15) is 0 Å². The highest BCUT2D eigenvalue weighted by molar-refractivity contribution is 7.09. The molecule has 0 radical (unpaired) electrons. The van der Waals surface area contributed by atoms with Crippen molar-refractivity contribution in [3.05, 3.63) is 16.1 Å². The second-order valence-corrected chi connectivity index (χ2v) is 4.90. The van der Waals surface area contributed by atoms with Crippen LogP contribution in [0.1, 0.15) is 31.5 Å². The van der Waals surface area contributed by atoms with Crippen molar-refractivity contribution in [1.29, 1.82) is 0 Å². The van der Waals surface area contributed by atoms with Crippen LogP contribution in [0.25, 0.3) is 0 Å². The average Bonchev–Trinajstić information content (AvgIpc) is 2.32. The molecule has 0 bridgehead atoms. The normalized spacial score (nSPS) is 11.6. The minimum absolute atomic E-state index is 0.0561. The van der Waals surface area contributed by atoms with Gasteiger partial charge in [0.2, 0.25) is 5.91 Å². The molecule has 0 aromatic carbocycles. The summed E-state index contributed by atoms with van der Waals surface area (Å²) in [7, 11) is 0. The quantitative estimate of drug-likeness (QED) is 0.782. The van der Waals surface area contributed by atoms with Crippen LogP contribution in [0.15, 0.2) is 5.38 Å². The van der Waals surface area contributed by atoms with Crippen LogP contribution in [-0.4, -0.2) is 10.9 Å². The fraction of sp³-hybridized carbons (Fsp3) is 0.556. The van der Waals surface area contributed by atoms with Gasteiger partial charge in [0.1, 0.15) is 0 Å². The lowest BCUT2D eigenvalue weighted by Crippen LogP contribution is -2.15. The van der Waals surface area contributed by atoms with Crippen LogP contribution in [0, 0.1) is 0 Å². The number of rotatable bonds is 2. The van der Waals surface area contributed by atoms with Crippen molar-refractivity contribution in [2.45, 2.75) is 32.6 Å². The van der Waals surface area contributed by atoms with Gasteiger partial charge < -0.3 is 5.73 Å². The molecule has 13 heavy (non-hydrogen) atoms. The second kappa shape index (κ2) is 3.46. The molecule has 0 saturated carbocycles. The first-order valence-electron chi connectivity index (χ1n) is 4.13. The maximum absolute atomic E-state index is 10.6. The van der Waals surface area contributed by atoms with Crippen molar-refractivity contribution in [1.82, 2.24) is 4.98 Å². The predicted octanol–water partition coefficient (Wildman–Crippen LogP) is 1.47. The van der Waals surface area contributed by atoms with E-state index in [4.69, 9.17) is 5.73 Å². The molecule has 0 unspecified atom stereocenters. The number of carbonyl (C=O) groups excluding carboxylic acids is 1. The summed E-state index contributed by atoms with van der Waals surface area (Å²) in [6, 6.07) is 0. The molecule has 0 aliphatic heterocycles. The van der Waals surface area contributed by atoms with Gasteiger partial charge in [-0.15, -0.1) is 11.3 Å². The smallest absolute Gasteiger partial charge is 0.223 e. The topological polar surface area (TPSA) is 56.0 Å². The maximum atomic E-state index is 10.6. The molecule has 72 valence electrons. The van der Waals surface area contributed by atoms with Crippen LogP contribution < -0.4 is 5.73 Å². The Morgan fingerprint density at radius 2 is 2.23 bits per heavy atom. The lowest BCUT2D eigenvalue weighted by Gasteiger charge is -2.13. The highest BCUT2D eigenvalue weighted by atomic mass is 32.1. The van der Waals surface area contributed by atoms with Gasteiger partial charge in [0.05, 0.1) is 17.1 Å². The molecule has 0 aliphatic rings. The van der Waals surface area contributed by atoms with E-state index in [1.807, 2.05) is 5.38 Å². The lowest BCUT2D eigenvalue weighted by molar-refractivity contribution is -0.117. The fourth-order valence-electron chi connectivity index (χ4n) is 0.911. The number of thiazole rings is 1. The Bertz CT molecular complexity index is 312. The summed E-state index contributed by atoms with van der Waals surface area (Å²) in [6.45, 7) is 6.29. The van der Waals surface area contributed by atoms with Crippen molar-refractivity contribution in [3.63, 3.8) is 0 Å². The zero-order chi connectivity index (χ0) is 10.1. The van der Waals surface area contributed by atoms with E-state index in [1.54, 1.807) is 11.3 Å². The Labute approximate surface area is 82.0 Å². The van der Waals surface area contributed by atoms with Gasteiger partial charge in [0, 0.05) is 10.8 Å². The Kier molecular flexibility index (Phi) is 2.71. The molecule has 0 fully saturated rings. The lowest BCUT2D eigenvalue weighted by atomic mass is 9.98. The monoisotopic (exact) mass is 198 g/mol. The van der Waals surface area contributed by atoms with Gasteiger partial charge in [-0.3, -0.25) is 4.79 Å². The van der Waals surface area contributed by atoms with Crippen LogP contribution in [-0.2, 0) is 16.6 Å². The van der Waals surface area contributed by atoms with Crippen molar-refractivity contribution in [2.24, 2.45) is 5.73 Å². The zero-order valence-electron chi connectivity index (χ0n) is 8.13. The van der Waals surface area contributed by atoms with Gasteiger partial charge >= 0.3 is 0 Å². The van der Waals surface area contributed by atoms with E-state index in [9.17, 15) is 4.79 Å². The number of nitrogens with two attached hydrogens (primary N) is 1. The van der Waals surface area contributed by atoms with E-state index in [1.165, 1.54) is 0 Å². The van der Waals surface area contributed by atoms with Crippen molar-refractivity contribution >= 4 is 17.2 Å². The minimum atomic E-state index is -0.328. The number of hydrogen-bond donors (Lipinski definition) is 1. The molecule has 1 rings (SSSR count). The molecule has 0 atom stereocenters. The standard InChI is InChI=1S/C9H14N2OS/c1-9(2,3)8-11-6(5-13-8)4-7(10)12/h5H,4H2,1-3H3,(H2,10,12). The molecule has 0 aliphatic carbocycles. The Hall–Kier alpha value is -0.900. The van der Waals surface area contributed by atoms with Crippen molar-refractivity contribution in [3.8, 4) is 0 Å². The molecular formula is C9H14N2OS. The van der Waals surface area contributed by atoms with E-state index in [2.05, 4.69) is 25.8 Å². The number of nitrogens with zero attached hydrogens (tertiary/aromatic N) is 1. The van der Waals surface area contributed by atoms with Gasteiger partial charge in [0.15, 0.2) is 0 Å². The number of hydrogen-bond acceptors (Lipinski definition) is 3. The van der Waals surface area contributed by atoms with Crippen LogP contribution in [0.5, 0.6) is 0 Å². The Balaban J connectivity index is 2.81. The molecule has 1 heterocycles. The third kappa shape index (κ3) is 2.81. The average molecular weight is 198 g/mol. The molecule has 3 nitrogen and oxygen atoms in total. The summed E-state index contributed by atoms with van der Waals surface area (Å²) < 4.78 is 0. The third-order valence-electron chi connectivity index (χ3n) is 1.55. The number of aromatic nitrogens is 1. The summed E-state index contributed by atoms with van der Waals surface area (Å²) in [5.74, 6) is -0.328. The SMILES string of the molecule is CC(C)(C)c1nc(CC(N)=O)cs1. The summed E-state index contributed by atoms with van der Waals surface area (Å²) in [4.78, 5) is 15.0. The first-order valence-corrected chi connectivity index (χ1v) is 5.01. The Morgan fingerprint density at radius 3 is 2.62 bits per heavy atom. The van der Waals surface area contributed by atoms with E-state index in [-0.39, 0.29) is 17.7 Å². The summed E-state index contributed by atoms with van der Waals surface area (Å²) in [6.07, 6.45) is 0.243. The molecule has 2 N–H and O–H groups in total. The maximum Gasteiger partial charge on any atom is 0.223 e. The molecule has 0 spiro atoms. The number of carbonyl (C=O) groups is 1. The molecule has 1 amide bonds. The van der Waals surface area contributed by atoms with Gasteiger partial charge in [-0.1, -0.05) is 20.8 Å². The summed E-state index contributed by atoms with van der Waals surface area (Å²) >= 11 is 1.58. The van der Waals surface area contributed by atoms with Crippen LogP contribution in [0.2, 0.25) is 0 Å². The van der Waals surface area contributed by atoms with Crippen LogP contribution in [0.3, 0.4) is 0 Å². The fourth-order valence-corrected chi connectivity index (χ4v) is 1.82.